The number of aromatic nitrogens is 2. The van der Waals surface area contributed by atoms with Gasteiger partial charge < -0.3 is 4.74 Å². The highest BCUT2D eigenvalue weighted by Gasteiger charge is 2.10. The van der Waals surface area contributed by atoms with E-state index in [2.05, 4.69) is 15.5 Å². The van der Waals surface area contributed by atoms with Crippen molar-refractivity contribution in [3.8, 4) is 5.75 Å². The van der Waals surface area contributed by atoms with Gasteiger partial charge in [-0.1, -0.05) is 40.6 Å². The van der Waals surface area contributed by atoms with Crippen LogP contribution in [0.3, 0.4) is 0 Å². The number of nitrogens with zero attached hydrogens (tertiary/aromatic N) is 2. The van der Waals surface area contributed by atoms with E-state index in [1.165, 1.54) is 11.3 Å². The van der Waals surface area contributed by atoms with Crippen LogP contribution >= 0.6 is 22.9 Å². The monoisotopic (exact) mass is 373 g/mol. The van der Waals surface area contributed by atoms with E-state index in [4.69, 9.17) is 16.3 Å². The van der Waals surface area contributed by atoms with Crippen molar-refractivity contribution < 1.29 is 9.53 Å². The number of carbonyl (C=O) groups excluding carboxylic acids is 1. The molecule has 1 amide bonds. The number of hydrogen-bond acceptors (Lipinski definition) is 5. The predicted molar refractivity (Wildman–Crippen MR) is 99.7 cm³/mol. The quantitative estimate of drug-likeness (QED) is 0.696. The fraction of sp³-hybridized carbons (Fsp3) is 0.167. The smallest absolute Gasteiger partial charge is 0.257 e. The molecule has 0 aliphatic heterocycles. The molecule has 0 saturated carbocycles. The van der Waals surface area contributed by atoms with Gasteiger partial charge in [0, 0.05) is 17.0 Å². The first-order valence-corrected chi connectivity index (χ1v) is 8.88. The van der Waals surface area contributed by atoms with E-state index < -0.39 is 0 Å². The van der Waals surface area contributed by atoms with Crippen molar-refractivity contribution in [1.29, 1.82) is 0 Å². The summed E-state index contributed by atoms with van der Waals surface area (Å²) in [5, 5.41) is 12.8. The van der Waals surface area contributed by atoms with Crippen molar-refractivity contribution in [2.45, 2.75) is 13.3 Å². The van der Waals surface area contributed by atoms with Gasteiger partial charge in [0.2, 0.25) is 5.13 Å². The Labute approximate surface area is 154 Å². The minimum atomic E-state index is -0.194. The third-order valence-corrected chi connectivity index (χ3v) is 4.55. The fourth-order valence-corrected chi connectivity index (χ4v) is 2.91. The van der Waals surface area contributed by atoms with Crippen LogP contribution in [0, 0.1) is 6.92 Å². The molecule has 0 aliphatic rings. The van der Waals surface area contributed by atoms with Crippen molar-refractivity contribution in [3.63, 3.8) is 0 Å². The molecule has 3 aromatic rings. The molecular formula is C18H16ClN3O2S. The zero-order valence-electron chi connectivity index (χ0n) is 13.5. The number of halogens is 1. The molecular weight excluding hydrogens is 358 g/mol. The summed E-state index contributed by atoms with van der Waals surface area (Å²) in [7, 11) is 0. The van der Waals surface area contributed by atoms with E-state index in [1.54, 1.807) is 24.3 Å². The fourth-order valence-electron chi connectivity index (χ4n) is 2.07. The topological polar surface area (TPSA) is 64.1 Å². The van der Waals surface area contributed by atoms with Gasteiger partial charge in [-0.3, -0.25) is 10.1 Å². The molecule has 3 rings (SSSR count). The minimum absolute atomic E-state index is 0.194. The summed E-state index contributed by atoms with van der Waals surface area (Å²) < 4.78 is 5.63. The summed E-state index contributed by atoms with van der Waals surface area (Å²) in [5.41, 5.74) is 1.70. The number of aryl methyl sites for hydroxylation is 1. The number of carbonyl (C=O) groups is 1. The van der Waals surface area contributed by atoms with E-state index in [9.17, 15) is 4.79 Å². The number of rotatable bonds is 6. The third-order valence-electron chi connectivity index (χ3n) is 3.40. The molecule has 0 atom stereocenters. The second-order valence-electron chi connectivity index (χ2n) is 5.37. The molecule has 0 radical (unpaired) electrons. The Morgan fingerprint density at radius 3 is 2.56 bits per heavy atom. The minimum Gasteiger partial charge on any atom is -0.493 e. The Morgan fingerprint density at radius 2 is 1.84 bits per heavy atom. The van der Waals surface area contributed by atoms with E-state index in [1.807, 2.05) is 31.2 Å². The van der Waals surface area contributed by atoms with E-state index >= 15 is 0 Å². The number of nitrogens with one attached hydrogen (secondary N) is 1. The number of amides is 1. The summed E-state index contributed by atoms with van der Waals surface area (Å²) in [4.78, 5) is 12.2. The molecule has 0 bridgehead atoms. The highest BCUT2D eigenvalue weighted by atomic mass is 35.5. The van der Waals surface area contributed by atoms with Gasteiger partial charge in [-0.2, -0.15) is 0 Å². The highest BCUT2D eigenvalue weighted by Crippen LogP contribution is 2.19. The van der Waals surface area contributed by atoms with Gasteiger partial charge in [-0.05, 0) is 43.3 Å². The maximum atomic E-state index is 12.2. The Hall–Kier alpha value is -2.44. The van der Waals surface area contributed by atoms with Gasteiger partial charge in [0.15, 0.2) is 0 Å². The van der Waals surface area contributed by atoms with Crippen LogP contribution in [0.1, 0.15) is 20.9 Å². The Morgan fingerprint density at radius 1 is 1.12 bits per heavy atom. The molecule has 25 heavy (non-hydrogen) atoms. The predicted octanol–water partition coefficient (Wildman–Crippen LogP) is 4.37. The van der Waals surface area contributed by atoms with Crippen LogP contribution in [-0.4, -0.2) is 22.7 Å². The zero-order valence-corrected chi connectivity index (χ0v) is 15.1. The molecule has 0 spiro atoms. The van der Waals surface area contributed by atoms with Crippen LogP contribution in [0.25, 0.3) is 0 Å². The van der Waals surface area contributed by atoms with E-state index in [-0.39, 0.29) is 5.91 Å². The lowest BCUT2D eigenvalue weighted by atomic mass is 10.1. The molecule has 1 heterocycles. The Kier molecular flexibility index (Phi) is 5.63. The summed E-state index contributed by atoms with van der Waals surface area (Å²) in [6.45, 7) is 2.45. The maximum absolute atomic E-state index is 12.2. The zero-order chi connectivity index (χ0) is 17.6. The molecule has 0 unspecified atom stereocenters. The first-order valence-electron chi connectivity index (χ1n) is 7.69. The normalized spacial score (nSPS) is 10.5. The molecule has 0 saturated heterocycles. The maximum Gasteiger partial charge on any atom is 0.257 e. The molecule has 1 aromatic heterocycles. The summed E-state index contributed by atoms with van der Waals surface area (Å²) in [5.74, 6) is 0.557. The lowest BCUT2D eigenvalue weighted by Crippen LogP contribution is -2.11. The standard InChI is InChI=1S/C18H16ClN3O2S/c1-12-2-4-13(5-3-12)17(23)20-18-22-21-16(25-18)10-11-24-15-8-6-14(19)7-9-15/h2-9H,10-11H2,1H3,(H,20,22,23). The van der Waals surface area contributed by atoms with Gasteiger partial charge >= 0.3 is 0 Å². The molecule has 0 fully saturated rings. The van der Waals surface area contributed by atoms with Crippen LogP contribution in [0.4, 0.5) is 5.13 Å². The van der Waals surface area contributed by atoms with Gasteiger partial charge in [0.1, 0.15) is 10.8 Å². The van der Waals surface area contributed by atoms with Crippen molar-refractivity contribution in [3.05, 3.63) is 69.7 Å². The average Bonchev–Trinajstić information content (AvgIpc) is 3.04. The van der Waals surface area contributed by atoms with Crippen LogP contribution in [0.15, 0.2) is 48.5 Å². The van der Waals surface area contributed by atoms with Gasteiger partial charge in [0.25, 0.3) is 5.91 Å². The van der Waals surface area contributed by atoms with Crippen molar-refractivity contribution in [2.24, 2.45) is 0 Å². The molecule has 128 valence electrons. The lowest BCUT2D eigenvalue weighted by molar-refractivity contribution is 0.102. The number of anilines is 1. The highest BCUT2D eigenvalue weighted by molar-refractivity contribution is 7.15. The van der Waals surface area contributed by atoms with Crippen LogP contribution in [0.2, 0.25) is 5.02 Å². The lowest BCUT2D eigenvalue weighted by Gasteiger charge is -2.04. The van der Waals surface area contributed by atoms with Gasteiger partial charge in [0.05, 0.1) is 6.61 Å². The number of hydrogen-bond donors (Lipinski definition) is 1. The van der Waals surface area contributed by atoms with Crippen molar-refractivity contribution in [2.75, 3.05) is 11.9 Å². The molecule has 5 nitrogen and oxygen atoms in total. The summed E-state index contributed by atoms with van der Waals surface area (Å²) in [6.07, 6.45) is 0.612. The summed E-state index contributed by atoms with van der Waals surface area (Å²) in [6, 6.07) is 14.6. The number of ether oxygens (including phenoxy) is 1. The third kappa shape index (κ3) is 5.01. The average molecular weight is 374 g/mol. The summed E-state index contributed by atoms with van der Waals surface area (Å²) >= 11 is 7.17. The Bertz CT molecular complexity index is 848. The largest absolute Gasteiger partial charge is 0.493 e. The second kappa shape index (κ2) is 8.09. The number of benzene rings is 2. The van der Waals surface area contributed by atoms with Crippen molar-refractivity contribution >= 4 is 34.0 Å². The van der Waals surface area contributed by atoms with E-state index in [0.717, 1.165) is 16.3 Å². The first kappa shape index (κ1) is 17.4. The molecule has 0 aliphatic carbocycles. The second-order valence-corrected chi connectivity index (χ2v) is 6.87. The SMILES string of the molecule is Cc1ccc(C(=O)Nc2nnc(CCOc3ccc(Cl)cc3)s2)cc1. The van der Waals surface area contributed by atoms with Gasteiger partial charge in [-0.15, -0.1) is 10.2 Å². The van der Waals surface area contributed by atoms with Crippen LogP contribution < -0.4 is 10.1 Å². The van der Waals surface area contributed by atoms with E-state index in [0.29, 0.717) is 28.7 Å². The van der Waals surface area contributed by atoms with Crippen LogP contribution in [-0.2, 0) is 6.42 Å². The van der Waals surface area contributed by atoms with Crippen LogP contribution in [0.5, 0.6) is 5.75 Å². The van der Waals surface area contributed by atoms with Gasteiger partial charge in [-0.25, -0.2) is 0 Å². The molecule has 7 heteroatoms. The van der Waals surface area contributed by atoms with Crippen molar-refractivity contribution in [1.82, 2.24) is 10.2 Å². The first-order chi connectivity index (χ1) is 12.1. The molecule has 1 N–H and O–H groups in total. The Balaban J connectivity index is 1.51. The molecule has 2 aromatic carbocycles.